The van der Waals surface area contributed by atoms with Gasteiger partial charge in [0.05, 0.1) is 6.10 Å². The summed E-state index contributed by atoms with van der Waals surface area (Å²) < 4.78 is 5.27. The first-order chi connectivity index (χ1) is 7.15. The molecule has 0 atom stereocenters. The molecular weight excluding hydrogens is 190 g/mol. The maximum atomic E-state index is 11.7. The van der Waals surface area contributed by atoms with E-state index in [0.717, 1.165) is 12.0 Å². The maximum absolute atomic E-state index is 11.7. The van der Waals surface area contributed by atoms with E-state index < -0.39 is 0 Å². The van der Waals surface area contributed by atoms with E-state index in [-0.39, 0.29) is 18.5 Å². The Morgan fingerprint density at radius 1 is 1.53 bits per heavy atom. The van der Waals surface area contributed by atoms with Gasteiger partial charge in [-0.15, -0.1) is 0 Å². The fourth-order valence-corrected chi connectivity index (χ4v) is 1.29. The standard InChI is InChI=1S/C12H17NO2/c1-4-10-6-5-7-13-12(10)11(14)8-15-9(2)3/h5-7,9H,4,8H2,1-3H3. The fraction of sp³-hybridized carbons (Fsp3) is 0.500. The number of hydrogen-bond acceptors (Lipinski definition) is 3. The summed E-state index contributed by atoms with van der Waals surface area (Å²) in [5, 5.41) is 0. The highest BCUT2D eigenvalue weighted by atomic mass is 16.5. The van der Waals surface area contributed by atoms with Crippen molar-refractivity contribution in [3.63, 3.8) is 0 Å². The van der Waals surface area contributed by atoms with Gasteiger partial charge in [-0.25, -0.2) is 0 Å². The Bertz CT molecular complexity index is 334. The van der Waals surface area contributed by atoms with E-state index in [9.17, 15) is 4.79 Å². The number of aromatic nitrogens is 1. The number of ether oxygens (including phenoxy) is 1. The zero-order valence-electron chi connectivity index (χ0n) is 9.49. The van der Waals surface area contributed by atoms with Crippen molar-refractivity contribution in [1.82, 2.24) is 4.98 Å². The molecule has 0 saturated heterocycles. The molecule has 1 aromatic heterocycles. The van der Waals surface area contributed by atoms with Gasteiger partial charge in [0.1, 0.15) is 12.3 Å². The van der Waals surface area contributed by atoms with Crippen LogP contribution in [0.4, 0.5) is 0 Å². The minimum Gasteiger partial charge on any atom is -0.371 e. The molecule has 0 N–H and O–H groups in total. The van der Waals surface area contributed by atoms with E-state index >= 15 is 0 Å². The summed E-state index contributed by atoms with van der Waals surface area (Å²) in [7, 11) is 0. The fourth-order valence-electron chi connectivity index (χ4n) is 1.29. The highest BCUT2D eigenvalue weighted by Gasteiger charge is 2.12. The number of nitrogens with zero attached hydrogens (tertiary/aromatic N) is 1. The molecule has 0 aliphatic rings. The van der Waals surface area contributed by atoms with Gasteiger partial charge < -0.3 is 4.74 Å². The summed E-state index contributed by atoms with van der Waals surface area (Å²) in [6, 6.07) is 3.77. The molecule has 1 heterocycles. The number of pyridine rings is 1. The van der Waals surface area contributed by atoms with Gasteiger partial charge >= 0.3 is 0 Å². The quantitative estimate of drug-likeness (QED) is 0.695. The average Bonchev–Trinajstić information content (AvgIpc) is 2.25. The molecule has 3 heteroatoms. The first-order valence-electron chi connectivity index (χ1n) is 5.23. The van der Waals surface area contributed by atoms with E-state index in [1.54, 1.807) is 6.20 Å². The summed E-state index contributed by atoms with van der Waals surface area (Å²) in [6.45, 7) is 5.94. The van der Waals surface area contributed by atoms with E-state index in [0.29, 0.717) is 5.69 Å². The molecule has 0 saturated carbocycles. The first-order valence-corrected chi connectivity index (χ1v) is 5.23. The predicted octanol–water partition coefficient (Wildman–Crippen LogP) is 2.25. The molecule has 15 heavy (non-hydrogen) atoms. The van der Waals surface area contributed by atoms with Crippen molar-refractivity contribution in [3.8, 4) is 0 Å². The lowest BCUT2D eigenvalue weighted by molar-refractivity contribution is 0.0580. The molecular formula is C12H17NO2. The van der Waals surface area contributed by atoms with Crippen molar-refractivity contribution in [2.75, 3.05) is 6.61 Å². The molecule has 0 aliphatic carbocycles. The minimum atomic E-state index is -0.0406. The molecule has 0 aromatic carbocycles. The summed E-state index contributed by atoms with van der Waals surface area (Å²) >= 11 is 0. The number of carbonyl (C=O) groups excluding carboxylic acids is 1. The molecule has 0 aliphatic heterocycles. The van der Waals surface area contributed by atoms with Gasteiger partial charge in [0, 0.05) is 6.20 Å². The molecule has 0 bridgehead atoms. The summed E-state index contributed by atoms with van der Waals surface area (Å²) in [4.78, 5) is 15.8. The zero-order valence-corrected chi connectivity index (χ0v) is 9.49. The van der Waals surface area contributed by atoms with Gasteiger partial charge in [-0.3, -0.25) is 9.78 Å². The van der Waals surface area contributed by atoms with Crippen LogP contribution in [-0.4, -0.2) is 23.5 Å². The third-order valence-corrected chi connectivity index (χ3v) is 2.08. The van der Waals surface area contributed by atoms with Crippen LogP contribution in [0.25, 0.3) is 0 Å². The van der Waals surface area contributed by atoms with E-state index in [4.69, 9.17) is 4.74 Å². The van der Waals surface area contributed by atoms with Crippen LogP contribution < -0.4 is 0 Å². The van der Waals surface area contributed by atoms with Crippen LogP contribution in [-0.2, 0) is 11.2 Å². The van der Waals surface area contributed by atoms with Crippen LogP contribution in [0.3, 0.4) is 0 Å². The van der Waals surface area contributed by atoms with Gasteiger partial charge in [-0.05, 0) is 31.9 Å². The van der Waals surface area contributed by atoms with Crippen LogP contribution in [0.5, 0.6) is 0 Å². The summed E-state index contributed by atoms with van der Waals surface area (Å²) in [5.74, 6) is -0.0406. The van der Waals surface area contributed by atoms with Gasteiger partial charge in [-0.2, -0.15) is 0 Å². The molecule has 0 unspecified atom stereocenters. The molecule has 1 rings (SSSR count). The third kappa shape index (κ3) is 3.44. The lowest BCUT2D eigenvalue weighted by Crippen LogP contribution is -2.16. The highest BCUT2D eigenvalue weighted by Crippen LogP contribution is 2.07. The Hall–Kier alpha value is -1.22. The van der Waals surface area contributed by atoms with Crippen LogP contribution >= 0.6 is 0 Å². The topological polar surface area (TPSA) is 39.2 Å². The van der Waals surface area contributed by atoms with Crippen molar-refractivity contribution in [2.24, 2.45) is 0 Å². The lowest BCUT2D eigenvalue weighted by Gasteiger charge is -2.08. The average molecular weight is 207 g/mol. The second-order valence-electron chi connectivity index (χ2n) is 3.65. The van der Waals surface area contributed by atoms with E-state index in [1.807, 2.05) is 32.9 Å². The number of Topliss-reactive ketones (excluding diaryl/α,β-unsaturated/α-hetero) is 1. The van der Waals surface area contributed by atoms with Gasteiger partial charge in [0.2, 0.25) is 5.78 Å². The largest absolute Gasteiger partial charge is 0.371 e. The Kier molecular flexibility index (Phi) is 4.43. The number of carbonyl (C=O) groups is 1. The SMILES string of the molecule is CCc1cccnc1C(=O)COC(C)C. The molecule has 82 valence electrons. The maximum Gasteiger partial charge on any atom is 0.207 e. The number of ketones is 1. The highest BCUT2D eigenvalue weighted by molar-refractivity contribution is 5.96. The van der Waals surface area contributed by atoms with Crippen molar-refractivity contribution in [2.45, 2.75) is 33.3 Å². The van der Waals surface area contributed by atoms with E-state index in [1.165, 1.54) is 0 Å². The third-order valence-electron chi connectivity index (χ3n) is 2.08. The van der Waals surface area contributed by atoms with Crippen LogP contribution in [0.15, 0.2) is 18.3 Å². The second-order valence-corrected chi connectivity index (χ2v) is 3.65. The summed E-state index contributed by atoms with van der Waals surface area (Å²) in [5.41, 5.74) is 1.52. The monoisotopic (exact) mass is 207 g/mol. The van der Waals surface area contributed by atoms with Crippen LogP contribution in [0.1, 0.15) is 36.8 Å². The predicted molar refractivity (Wildman–Crippen MR) is 59.0 cm³/mol. The molecule has 0 spiro atoms. The number of aryl methyl sites for hydroxylation is 1. The van der Waals surface area contributed by atoms with Gasteiger partial charge in [0.25, 0.3) is 0 Å². The smallest absolute Gasteiger partial charge is 0.207 e. The Morgan fingerprint density at radius 2 is 2.27 bits per heavy atom. The molecule has 1 aromatic rings. The van der Waals surface area contributed by atoms with Crippen molar-refractivity contribution < 1.29 is 9.53 Å². The molecule has 0 amide bonds. The molecule has 0 fully saturated rings. The lowest BCUT2D eigenvalue weighted by atomic mass is 10.1. The molecule has 0 radical (unpaired) electrons. The van der Waals surface area contributed by atoms with E-state index in [2.05, 4.69) is 4.98 Å². The Balaban J connectivity index is 2.72. The van der Waals surface area contributed by atoms with Crippen LogP contribution in [0.2, 0.25) is 0 Å². The minimum absolute atomic E-state index is 0.0406. The number of hydrogen-bond donors (Lipinski definition) is 0. The first kappa shape index (κ1) is 11.9. The normalized spacial score (nSPS) is 10.7. The van der Waals surface area contributed by atoms with Crippen molar-refractivity contribution >= 4 is 5.78 Å². The van der Waals surface area contributed by atoms with Gasteiger partial charge in [-0.1, -0.05) is 13.0 Å². The van der Waals surface area contributed by atoms with Crippen molar-refractivity contribution in [3.05, 3.63) is 29.6 Å². The second kappa shape index (κ2) is 5.61. The zero-order chi connectivity index (χ0) is 11.3. The Labute approximate surface area is 90.5 Å². The Morgan fingerprint density at radius 3 is 2.87 bits per heavy atom. The van der Waals surface area contributed by atoms with Crippen molar-refractivity contribution in [1.29, 1.82) is 0 Å². The van der Waals surface area contributed by atoms with Crippen LogP contribution in [0, 0.1) is 0 Å². The molecule has 3 nitrogen and oxygen atoms in total. The number of rotatable bonds is 5. The summed E-state index contributed by atoms with van der Waals surface area (Å²) in [6.07, 6.45) is 2.53. The van der Waals surface area contributed by atoms with Gasteiger partial charge in [0.15, 0.2) is 0 Å².